The molecule has 4 heteroatoms. The predicted octanol–water partition coefficient (Wildman–Crippen LogP) is 2.73. The number of halogens is 1. The Hall–Kier alpha value is -1.94. The Morgan fingerprint density at radius 1 is 1.11 bits per heavy atom. The number of nitrogens with two attached hydrogens (primary N) is 1. The van der Waals surface area contributed by atoms with Crippen LogP contribution in [0.2, 0.25) is 0 Å². The van der Waals surface area contributed by atoms with E-state index in [9.17, 15) is 4.39 Å². The van der Waals surface area contributed by atoms with Gasteiger partial charge in [0.25, 0.3) is 0 Å². The third kappa shape index (κ3) is 4.03. The van der Waals surface area contributed by atoms with Crippen molar-refractivity contribution in [2.45, 2.75) is 12.3 Å². The highest BCUT2D eigenvalue weighted by Gasteiger charge is 2.11. The first-order chi connectivity index (χ1) is 9.29. The van der Waals surface area contributed by atoms with Gasteiger partial charge in [0.15, 0.2) is 0 Å². The average Bonchev–Trinajstić information content (AvgIpc) is 2.46. The van der Waals surface area contributed by atoms with Crippen LogP contribution >= 0.6 is 0 Å². The molecule has 0 saturated heterocycles. The van der Waals surface area contributed by atoms with E-state index < -0.39 is 0 Å². The van der Waals surface area contributed by atoms with Crippen molar-refractivity contribution in [1.82, 2.24) is 4.98 Å². The summed E-state index contributed by atoms with van der Waals surface area (Å²) in [5.41, 5.74) is 6.79. The molecule has 2 N–H and O–H groups in total. The molecule has 2 aromatic rings. The first kappa shape index (κ1) is 13.5. The highest BCUT2D eigenvalue weighted by Crippen LogP contribution is 2.20. The smallest absolute Gasteiger partial charge is 0.123 e. The third-order valence-corrected chi connectivity index (χ3v) is 2.96. The fourth-order valence-electron chi connectivity index (χ4n) is 1.91. The van der Waals surface area contributed by atoms with E-state index >= 15 is 0 Å². The number of rotatable bonds is 6. The van der Waals surface area contributed by atoms with E-state index in [0.29, 0.717) is 18.9 Å². The van der Waals surface area contributed by atoms with Crippen molar-refractivity contribution >= 4 is 0 Å². The average molecular weight is 260 g/mol. The van der Waals surface area contributed by atoms with Crippen LogP contribution in [0, 0.1) is 5.82 Å². The molecular weight excluding hydrogens is 243 g/mol. The zero-order valence-electron chi connectivity index (χ0n) is 10.6. The summed E-state index contributed by atoms with van der Waals surface area (Å²) >= 11 is 0. The van der Waals surface area contributed by atoms with Crippen molar-refractivity contribution in [3.8, 4) is 5.75 Å². The Kier molecular flexibility index (Phi) is 4.86. The SMILES string of the molecule is NCCC(COc1ccc(F)cc1)c1ccncc1. The van der Waals surface area contributed by atoms with Crippen LogP contribution < -0.4 is 10.5 Å². The molecule has 2 rings (SSSR count). The zero-order chi connectivity index (χ0) is 13.5. The summed E-state index contributed by atoms with van der Waals surface area (Å²) in [6, 6.07) is 9.96. The van der Waals surface area contributed by atoms with Crippen LogP contribution in [-0.2, 0) is 0 Å². The van der Waals surface area contributed by atoms with E-state index in [-0.39, 0.29) is 11.7 Å². The Balaban J connectivity index is 1.99. The molecule has 0 aliphatic carbocycles. The molecular formula is C15H17FN2O. The summed E-state index contributed by atoms with van der Waals surface area (Å²) in [7, 11) is 0. The van der Waals surface area contributed by atoms with Crippen molar-refractivity contribution in [1.29, 1.82) is 0 Å². The molecule has 0 radical (unpaired) electrons. The van der Waals surface area contributed by atoms with Crippen LogP contribution in [0.3, 0.4) is 0 Å². The molecule has 0 spiro atoms. The fraction of sp³-hybridized carbons (Fsp3) is 0.267. The van der Waals surface area contributed by atoms with Crippen LogP contribution in [-0.4, -0.2) is 18.1 Å². The molecule has 1 aromatic carbocycles. The Labute approximate surface area is 112 Å². The summed E-state index contributed by atoms with van der Waals surface area (Å²) in [6.45, 7) is 1.12. The minimum Gasteiger partial charge on any atom is -0.493 e. The number of benzene rings is 1. The number of nitrogens with zero attached hydrogens (tertiary/aromatic N) is 1. The molecule has 0 saturated carbocycles. The maximum Gasteiger partial charge on any atom is 0.123 e. The number of hydrogen-bond acceptors (Lipinski definition) is 3. The lowest BCUT2D eigenvalue weighted by Gasteiger charge is -2.17. The lowest BCUT2D eigenvalue weighted by atomic mass is 9.98. The molecule has 100 valence electrons. The quantitative estimate of drug-likeness (QED) is 0.868. The molecule has 19 heavy (non-hydrogen) atoms. The molecule has 1 heterocycles. The van der Waals surface area contributed by atoms with E-state index in [2.05, 4.69) is 4.98 Å². The van der Waals surface area contributed by atoms with Crippen molar-refractivity contribution in [2.75, 3.05) is 13.2 Å². The van der Waals surface area contributed by atoms with Crippen LogP contribution in [0.15, 0.2) is 48.8 Å². The summed E-state index contributed by atoms with van der Waals surface area (Å²) in [5, 5.41) is 0. The van der Waals surface area contributed by atoms with Crippen LogP contribution in [0.25, 0.3) is 0 Å². The van der Waals surface area contributed by atoms with E-state index in [1.807, 2.05) is 12.1 Å². The molecule has 0 aliphatic rings. The second kappa shape index (κ2) is 6.85. The van der Waals surface area contributed by atoms with Gasteiger partial charge in [0, 0.05) is 18.3 Å². The van der Waals surface area contributed by atoms with E-state index in [4.69, 9.17) is 10.5 Å². The largest absolute Gasteiger partial charge is 0.493 e. The molecule has 0 aliphatic heterocycles. The van der Waals surface area contributed by atoms with Gasteiger partial charge < -0.3 is 10.5 Å². The predicted molar refractivity (Wildman–Crippen MR) is 72.5 cm³/mol. The van der Waals surface area contributed by atoms with Crippen molar-refractivity contribution < 1.29 is 9.13 Å². The first-order valence-corrected chi connectivity index (χ1v) is 6.28. The summed E-state index contributed by atoms with van der Waals surface area (Å²) in [5.74, 6) is 0.621. The Morgan fingerprint density at radius 2 is 1.79 bits per heavy atom. The van der Waals surface area contributed by atoms with E-state index in [0.717, 1.165) is 12.0 Å². The highest BCUT2D eigenvalue weighted by molar-refractivity contribution is 5.23. The molecule has 1 atom stereocenters. The fourth-order valence-corrected chi connectivity index (χ4v) is 1.91. The first-order valence-electron chi connectivity index (χ1n) is 6.28. The van der Waals surface area contributed by atoms with E-state index in [1.54, 1.807) is 24.5 Å². The van der Waals surface area contributed by atoms with Crippen molar-refractivity contribution in [2.24, 2.45) is 5.73 Å². The summed E-state index contributed by atoms with van der Waals surface area (Å²) in [6.07, 6.45) is 4.36. The minimum atomic E-state index is -0.264. The Bertz CT molecular complexity index is 487. The van der Waals surface area contributed by atoms with Gasteiger partial charge in [-0.1, -0.05) is 0 Å². The number of ether oxygens (including phenoxy) is 1. The minimum absolute atomic E-state index is 0.220. The molecule has 0 amide bonds. The summed E-state index contributed by atoms with van der Waals surface area (Å²) < 4.78 is 18.5. The Morgan fingerprint density at radius 3 is 2.42 bits per heavy atom. The monoisotopic (exact) mass is 260 g/mol. The van der Waals surface area contributed by atoms with Crippen molar-refractivity contribution in [3.05, 3.63) is 60.2 Å². The standard InChI is InChI=1S/C15H17FN2O/c16-14-1-3-15(4-2-14)19-11-13(5-8-17)12-6-9-18-10-7-12/h1-4,6-7,9-10,13H,5,8,11,17H2. The van der Waals surface area contributed by atoms with Gasteiger partial charge in [-0.05, 0) is 54.9 Å². The van der Waals surface area contributed by atoms with Gasteiger partial charge in [-0.15, -0.1) is 0 Å². The van der Waals surface area contributed by atoms with Crippen LogP contribution in [0.4, 0.5) is 4.39 Å². The maximum atomic E-state index is 12.8. The van der Waals surface area contributed by atoms with Gasteiger partial charge in [0.1, 0.15) is 11.6 Å². The zero-order valence-corrected chi connectivity index (χ0v) is 10.6. The molecule has 0 fully saturated rings. The second-order valence-corrected chi connectivity index (χ2v) is 4.32. The number of hydrogen-bond donors (Lipinski definition) is 1. The van der Waals surface area contributed by atoms with Crippen LogP contribution in [0.1, 0.15) is 17.9 Å². The normalized spacial score (nSPS) is 12.1. The number of aromatic nitrogens is 1. The molecule has 3 nitrogen and oxygen atoms in total. The molecule has 1 aromatic heterocycles. The van der Waals surface area contributed by atoms with Gasteiger partial charge in [-0.2, -0.15) is 0 Å². The molecule has 1 unspecified atom stereocenters. The molecule has 0 bridgehead atoms. The van der Waals surface area contributed by atoms with E-state index in [1.165, 1.54) is 12.1 Å². The number of pyridine rings is 1. The van der Waals surface area contributed by atoms with Gasteiger partial charge >= 0.3 is 0 Å². The van der Waals surface area contributed by atoms with Crippen LogP contribution in [0.5, 0.6) is 5.75 Å². The van der Waals surface area contributed by atoms with Gasteiger partial charge in [-0.25, -0.2) is 4.39 Å². The lowest BCUT2D eigenvalue weighted by molar-refractivity contribution is 0.282. The van der Waals surface area contributed by atoms with Crippen molar-refractivity contribution in [3.63, 3.8) is 0 Å². The highest BCUT2D eigenvalue weighted by atomic mass is 19.1. The van der Waals surface area contributed by atoms with Gasteiger partial charge in [-0.3, -0.25) is 4.98 Å². The summed E-state index contributed by atoms with van der Waals surface area (Å²) in [4.78, 5) is 4.00. The topological polar surface area (TPSA) is 48.1 Å². The maximum absolute atomic E-state index is 12.8. The third-order valence-electron chi connectivity index (χ3n) is 2.96. The lowest BCUT2D eigenvalue weighted by Crippen LogP contribution is -2.15. The van der Waals surface area contributed by atoms with Gasteiger partial charge in [0.2, 0.25) is 0 Å². The van der Waals surface area contributed by atoms with Gasteiger partial charge in [0.05, 0.1) is 6.61 Å². The second-order valence-electron chi connectivity index (χ2n) is 4.32.